The lowest BCUT2D eigenvalue weighted by Gasteiger charge is -2.28. The van der Waals surface area contributed by atoms with Gasteiger partial charge in [0.15, 0.2) is 0 Å². The molecule has 1 saturated carbocycles. The first-order valence-electron chi connectivity index (χ1n) is 5.12. The van der Waals surface area contributed by atoms with Gasteiger partial charge in [-0.2, -0.15) is 11.8 Å². The van der Waals surface area contributed by atoms with E-state index in [0.717, 1.165) is 24.4 Å². The van der Waals surface area contributed by atoms with Crippen molar-refractivity contribution >= 4 is 11.8 Å². The van der Waals surface area contributed by atoms with Crippen molar-refractivity contribution in [1.82, 2.24) is 5.32 Å². The van der Waals surface area contributed by atoms with Crippen LogP contribution < -0.4 is 5.32 Å². The number of hydrogen-bond acceptors (Lipinski definition) is 3. The molecule has 3 heteroatoms. The zero-order valence-electron chi connectivity index (χ0n) is 8.71. The second kappa shape index (κ2) is 6.68. The quantitative estimate of drug-likeness (QED) is 0.690. The molecule has 1 N–H and O–H groups in total. The van der Waals surface area contributed by atoms with Gasteiger partial charge in [-0.15, -0.1) is 0 Å². The van der Waals surface area contributed by atoms with Crippen LogP contribution in [0, 0.1) is 0 Å². The molecule has 2 atom stereocenters. The van der Waals surface area contributed by atoms with Gasteiger partial charge in [-0.1, -0.05) is 6.42 Å². The summed E-state index contributed by atoms with van der Waals surface area (Å²) in [6, 6.07) is 0.737. The summed E-state index contributed by atoms with van der Waals surface area (Å²) in [5, 5.41) is 4.43. The smallest absolute Gasteiger partial charge is 0.0587 e. The molecule has 2 unspecified atom stereocenters. The molecule has 0 bridgehead atoms. The molecule has 1 fully saturated rings. The summed E-state index contributed by atoms with van der Waals surface area (Å²) < 4.78 is 5.02. The van der Waals surface area contributed by atoms with Crippen molar-refractivity contribution in [2.24, 2.45) is 0 Å². The third kappa shape index (κ3) is 4.34. The van der Waals surface area contributed by atoms with E-state index in [1.807, 2.05) is 11.8 Å². The van der Waals surface area contributed by atoms with Crippen LogP contribution in [0.5, 0.6) is 0 Å². The molecule has 1 aliphatic carbocycles. The van der Waals surface area contributed by atoms with Gasteiger partial charge in [-0.05, 0) is 25.5 Å². The van der Waals surface area contributed by atoms with Crippen molar-refractivity contribution < 1.29 is 4.74 Å². The lowest BCUT2D eigenvalue weighted by Crippen LogP contribution is -2.36. The maximum Gasteiger partial charge on any atom is 0.0587 e. The Labute approximate surface area is 85.8 Å². The lowest BCUT2D eigenvalue weighted by molar-refractivity contribution is 0.192. The molecule has 1 aliphatic rings. The van der Waals surface area contributed by atoms with E-state index in [4.69, 9.17) is 4.74 Å². The predicted octanol–water partition coefficient (Wildman–Crippen LogP) is 1.90. The van der Waals surface area contributed by atoms with E-state index in [-0.39, 0.29) is 0 Å². The van der Waals surface area contributed by atoms with Crippen LogP contribution in [0.4, 0.5) is 0 Å². The minimum Gasteiger partial charge on any atom is -0.383 e. The third-order valence-corrected chi connectivity index (χ3v) is 3.79. The highest BCUT2D eigenvalue weighted by Crippen LogP contribution is 2.26. The third-order valence-electron chi connectivity index (χ3n) is 2.70. The number of rotatable bonds is 5. The first kappa shape index (κ1) is 11.3. The van der Waals surface area contributed by atoms with Crippen molar-refractivity contribution in [3.05, 3.63) is 0 Å². The molecular formula is C10H21NOS. The van der Waals surface area contributed by atoms with E-state index < -0.39 is 0 Å². The molecule has 0 aromatic heterocycles. The average Bonchev–Trinajstić information content (AvgIpc) is 2.19. The van der Waals surface area contributed by atoms with Gasteiger partial charge in [0.2, 0.25) is 0 Å². The Hall–Kier alpha value is 0.270. The molecular weight excluding hydrogens is 182 g/mol. The van der Waals surface area contributed by atoms with Crippen molar-refractivity contribution in [3.63, 3.8) is 0 Å². The molecule has 0 saturated heterocycles. The topological polar surface area (TPSA) is 21.3 Å². The highest BCUT2D eigenvalue weighted by Gasteiger charge is 2.20. The molecule has 0 spiro atoms. The number of nitrogens with one attached hydrogen (secondary N) is 1. The molecule has 0 aromatic rings. The molecule has 2 nitrogen and oxygen atoms in total. The van der Waals surface area contributed by atoms with Crippen LogP contribution in [0.15, 0.2) is 0 Å². The van der Waals surface area contributed by atoms with Gasteiger partial charge >= 0.3 is 0 Å². The first-order chi connectivity index (χ1) is 6.36. The second-order valence-electron chi connectivity index (χ2n) is 3.67. The summed E-state index contributed by atoms with van der Waals surface area (Å²) in [5.41, 5.74) is 0. The number of thioether (sulfide) groups is 1. The number of methoxy groups -OCH3 is 1. The summed E-state index contributed by atoms with van der Waals surface area (Å²) >= 11 is 2.02. The van der Waals surface area contributed by atoms with Crippen LogP contribution in [0.25, 0.3) is 0 Å². The number of hydrogen-bond donors (Lipinski definition) is 1. The standard InChI is InChI=1S/C10H21NOS/c1-12-7-6-11-9-4-3-5-10(8-9)13-2/h9-11H,3-8H2,1-2H3. The summed E-state index contributed by atoms with van der Waals surface area (Å²) in [5.74, 6) is 0. The average molecular weight is 203 g/mol. The highest BCUT2D eigenvalue weighted by atomic mass is 32.2. The molecule has 0 aliphatic heterocycles. The van der Waals surface area contributed by atoms with Gasteiger partial charge in [0.05, 0.1) is 6.61 Å². The van der Waals surface area contributed by atoms with Crippen molar-refractivity contribution in [1.29, 1.82) is 0 Å². The Balaban J connectivity index is 2.11. The second-order valence-corrected chi connectivity index (χ2v) is 4.81. The van der Waals surface area contributed by atoms with Crippen LogP contribution in [0.1, 0.15) is 25.7 Å². The molecule has 78 valence electrons. The van der Waals surface area contributed by atoms with Gasteiger partial charge in [-0.3, -0.25) is 0 Å². The zero-order valence-corrected chi connectivity index (χ0v) is 9.53. The van der Waals surface area contributed by atoms with Crippen molar-refractivity contribution in [2.75, 3.05) is 26.5 Å². The fourth-order valence-corrected chi connectivity index (χ4v) is 2.74. The monoisotopic (exact) mass is 203 g/mol. The molecule has 0 radical (unpaired) electrons. The lowest BCUT2D eigenvalue weighted by atomic mass is 9.95. The summed E-state index contributed by atoms with van der Waals surface area (Å²) in [4.78, 5) is 0. The van der Waals surface area contributed by atoms with Gasteiger partial charge in [0, 0.05) is 24.9 Å². The normalized spacial score (nSPS) is 29.1. The molecule has 0 amide bonds. The van der Waals surface area contributed by atoms with Crippen LogP contribution in [-0.2, 0) is 4.74 Å². The maximum absolute atomic E-state index is 5.02. The van der Waals surface area contributed by atoms with Gasteiger partial charge in [-0.25, -0.2) is 0 Å². The largest absolute Gasteiger partial charge is 0.383 e. The van der Waals surface area contributed by atoms with E-state index in [1.165, 1.54) is 25.7 Å². The SMILES string of the molecule is COCCNC1CCCC(SC)C1. The minimum absolute atomic E-state index is 0.737. The van der Waals surface area contributed by atoms with E-state index in [1.54, 1.807) is 7.11 Å². The Kier molecular flexibility index (Phi) is 5.83. The summed E-state index contributed by atoms with van der Waals surface area (Å²) in [6.07, 6.45) is 7.70. The Morgan fingerprint density at radius 3 is 3.00 bits per heavy atom. The predicted molar refractivity (Wildman–Crippen MR) is 59.4 cm³/mol. The Morgan fingerprint density at radius 1 is 1.46 bits per heavy atom. The van der Waals surface area contributed by atoms with Crippen molar-refractivity contribution in [3.8, 4) is 0 Å². The van der Waals surface area contributed by atoms with Crippen LogP contribution in [0.2, 0.25) is 0 Å². The Morgan fingerprint density at radius 2 is 2.31 bits per heavy atom. The van der Waals surface area contributed by atoms with Gasteiger partial charge in [0.1, 0.15) is 0 Å². The van der Waals surface area contributed by atoms with Gasteiger partial charge < -0.3 is 10.1 Å². The van der Waals surface area contributed by atoms with E-state index >= 15 is 0 Å². The van der Waals surface area contributed by atoms with Crippen LogP contribution in [-0.4, -0.2) is 37.8 Å². The molecule has 0 heterocycles. The summed E-state index contributed by atoms with van der Waals surface area (Å²) in [6.45, 7) is 1.84. The van der Waals surface area contributed by atoms with E-state index in [9.17, 15) is 0 Å². The minimum atomic E-state index is 0.737. The fourth-order valence-electron chi connectivity index (χ4n) is 1.91. The zero-order chi connectivity index (χ0) is 9.52. The first-order valence-corrected chi connectivity index (χ1v) is 6.40. The summed E-state index contributed by atoms with van der Waals surface area (Å²) in [7, 11) is 1.76. The van der Waals surface area contributed by atoms with Crippen molar-refractivity contribution in [2.45, 2.75) is 37.0 Å². The maximum atomic E-state index is 5.02. The molecule has 0 aromatic carbocycles. The Bertz CT molecular complexity index is 132. The van der Waals surface area contributed by atoms with Crippen LogP contribution >= 0.6 is 11.8 Å². The van der Waals surface area contributed by atoms with Gasteiger partial charge in [0.25, 0.3) is 0 Å². The van der Waals surface area contributed by atoms with E-state index in [2.05, 4.69) is 11.6 Å². The highest BCUT2D eigenvalue weighted by molar-refractivity contribution is 7.99. The fraction of sp³-hybridized carbons (Fsp3) is 1.00. The van der Waals surface area contributed by atoms with E-state index in [0.29, 0.717) is 0 Å². The number of ether oxygens (including phenoxy) is 1. The molecule has 1 rings (SSSR count). The van der Waals surface area contributed by atoms with Crippen LogP contribution in [0.3, 0.4) is 0 Å². The molecule has 13 heavy (non-hydrogen) atoms.